The van der Waals surface area contributed by atoms with Crippen molar-refractivity contribution in [2.75, 3.05) is 6.61 Å². The van der Waals surface area contributed by atoms with E-state index in [1.807, 2.05) is 36.4 Å². The van der Waals surface area contributed by atoms with Gasteiger partial charge in [0.2, 0.25) is 0 Å². The van der Waals surface area contributed by atoms with Gasteiger partial charge in [0.25, 0.3) is 11.8 Å². The molecule has 4 atom stereocenters. The van der Waals surface area contributed by atoms with Gasteiger partial charge in [-0.15, -0.1) is 0 Å². The summed E-state index contributed by atoms with van der Waals surface area (Å²) in [5.74, 6) is 0.287. The van der Waals surface area contributed by atoms with Crippen molar-refractivity contribution in [2.45, 2.75) is 19.8 Å². The smallest absolute Gasteiger partial charge is 0.254 e. The number of amides is 2. The molecule has 2 bridgehead atoms. The van der Waals surface area contributed by atoms with Crippen LogP contribution in [0.25, 0.3) is 10.8 Å². The van der Waals surface area contributed by atoms with Gasteiger partial charge in [-0.1, -0.05) is 49.4 Å². The number of carbonyl (C=O) groups excluding carboxylic acids is 2. The van der Waals surface area contributed by atoms with E-state index in [2.05, 4.69) is 24.2 Å². The van der Waals surface area contributed by atoms with E-state index in [1.165, 1.54) is 0 Å². The van der Waals surface area contributed by atoms with Crippen LogP contribution < -0.4 is 4.74 Å². The van der Waals surface area contributed by atoms with Gasteiger partial charge in [-0.05, 0) is 41.5 Å². The van der Waals surface area contributed by atoms with E-state index < -0.39 is 0 Å². The third kappa shape index (κ3) is 2.49. The molecule has 28 heavy (non-hydrogen) atoms. The average Bonchev–Trinajstić information content (AvgIpc) is 3.39. The molecular formula is C23H22N2O3. The fourth-order valence-corrected chi connectivity index (χ4v) is 4.86. The van der Waals surface area contributed by atoms with E-state index in [1.54, 1.807) is 6.21 Å². The van der Waals surface area contributed by atoms with Crippen molar-refractivity contribution >= 4 is 28.8 Å². The van der Waals surface area contributed by atoms with Crippen LogP contribution in [-0.2, 0) is 9.59 Å². The second-order valence-corrected chi connectivity index (χ2v) is 7.78. The highest BCUT2D eigenvalue weighted by Crippen LogP contribution is 2.52. The van der Waals surface area contributed by atoms with Gasteiger partial charge in [-0.3, -0.25) is 9.59 Å². The maximum absolute atomic E-state index is 12.9. The third-order valence-electron chi connectivity index (χ3n) is 6.14. The number of hydrogen-bond acceptors (Lipinski definition) is 4. The molecule has 1 heterocycles. The molecule has 2 aromatic carbocycles. The number of hydrazone groups is 1. The van der Waals surface area contributed by atoms with Crippen molar-refractivity contribution in [1.82, 2.24) is 5.01 Å². The Morgan fingerprint density at radius 1 is 1.07 bits per heavy atom. The second-order valence-electron chi connectivity index (χ2n) is 7.78. The minimum Gasteiger partial charge on any atom is -0.493 e. The molecule has 0 spiro atoms. The molecule has 2 aromatic rings. The zero-order chi connectivity index (χ0) is 19.3. The molecule has 0 N–H and O–H groups in total. The van der Waals surface area contributed by atoms with Crippen molar-refractivity contribution in [3.63, 3.8) is 0 Å². The SMILES string of the molecule is CCCOc1ccc2ccccc2c1C=NN1C(=O)C2C3C=CC(C3)C2C1=O. The van der Waals surface area contributed by atoms with Crippen molar-refractivity contribution in [3.8, 4) is 5.75 Å². The molecular weight excluding hydrogens is 352 g/mol. The van der Waals surface area contributed by atoms with Crippen LogP contribution in [0.1, 0.15) is 25.3 Å². The van der Waals surface area contributed by atoms with Gasteiger partial charge in [-0.25, -0.2) is 0 Å². The highest BCUT2D eigenvalue weighted by Gasteiger charge is 2.59. The maximum Gasteiger partial charge on any atom is 0.254 e. The van der Waals surface area contributed by atoms with Crippen LogP contribution >= 0.6 is 0 Å². The summed E-state index contributed by atoms with van der Waals surface area (Å²) in [6.45, 7) is 2.65. The van der Waals surface area contributed by atoms with E-state index in [4.69, 9.17) is 4.74 Å². The number of benzene rings is 2. The fourth-order valence-electron chi connectivity index (χ4n) is 4.86. The lowest BCUT2D eigenvalue weighted by Crippen LogP contribution is -2.28. The van der Waals surface area contributed by atoms with Gasteiger partial charge in [0.05, 0.1) is 24.7 Å². The summed E-state index contributed by atoms with van der Waals surface area (Å²) < 4.78 is 5.89. The normalized spacial score (nSPS) is 28.1. The lowest BCUT2D eigenvalue weighted by Gasteiger charge is -2.13. The van der Waals surface area contributed by atoms with Gasteiger partial charge in [0.15, 0.2) is 0 Å². The summed E-state index contributed by atoms with van der Waals surface area (Å²) in [7, 11) is 0. The Morgan fingerprint density at radius 3 is 2.50 bits per heavy atom. The number of allylic oxidation sites excluding steroid dienone is 2. The van der Waals surface area contributed by atoms with E-state index in [-0.39, 0.29) is 35.5 Å². The molecule has 5 nitrogen and oxygen atoms in total. The Hall–Kier alpha value is -2.95. The molecule has 1 saturated heterocycles. The summed E-state index contributed by atoms with van der Waals surface area (Å²) in [5.41, 5.74) is 0.797. The van der Waals surface area contributed by atoms with Crippen LogP contribution in [0, 0.1) is 23.7 Å². The molecule has 0 aromatic heterocycles. The minimum atomic E-state index is -0.233. The number of ether oxygens (including phenoxy) is 1. The Morgan fingerprint density at radius 2 is 1.79 bits per heavy atom. The molecule has 2 aliphatic carbocycles. The third-order valence-corrected chi connectivity index (χ3v) is 6.14. The molecule has 2 fully saturated rings. The Bertz CT molecular complexity index is 996. The van der Waals surface area contributed by atoms with Crippen molar-refractivity contribution < 1.29 is 14.3 Å². The maximum atomic E-state index is 12.9. The fraction of sp³-hybridized carbons (Fsp3) is 0.348. The summed E-state index contributed by atoms with van der Waals surface area (Å²) in [6.07, 6.45) is 7.60. The number of imide groups is 1. The first-order valence-corrected chi connectivity index (χ1v) is 9.93. The van der Waals surface area contributed by atoms with Crippen molar-refractivity contribution in [1.29, 1.82) is 0 Å². The average molecular weight is 374 g/mol. The molecule has 2 amide bonds. The van der Waals surface area contributed by atoms with E-state index >= 15 is 0 Å². The largest absolute Gasteiger partial charge is 0.493 e. The predicted molar refractivity (Wildman–Crippen MR) is 107 cm³/mol. The number of hydrogen-bond donors (Lipinski definition) is 0. The summed E-state index contributed by atoms with van der Waals surface area (Å²) in [5, 5.41) is 7.49. The lowest BCUT2D eigenvalue weighted by atomic mass is 9.85. The highest BCUT2D eigenvalue weighted by atomic mass is 16.5. The molecule has 3 aliphatic rings. The van der Waals surface area contributed by atoms with Gasteiger partial charge < -0.3 is 4.74 Å². The van der Waals surface area contributed by atoms with Gasteiger partial charge in [0.1, 0.15) is 5.75 Å². The zero-order valence-corrected chi connectivity index (χ0v) is 15.7. The Kier molecular flexibility index (Phi) is 4.04. The number of carbonyl (C=O) groups is 2. The monoisotopic (exact) mass is 374 g/mol. The second kappa shape index (κ2) is 6.59. The molecule has 1 saturated carbocycles. The first-order chi connectivity index (χ1) is 13.7. The molecule has 5 heteroatoms. The van der Waals surface area contributed by atoms with Gasteiger partial charge in [-0.2, -0.15) is 10.1 Å². The summed E-state index contributed by atoms with van der Waals surface area (Å²) >= 11 is 0. The summed E-state index contributed by atoms with van der Waals surface area (Å²) in [4.78, 5) is 25.7. The van der Waals surface area contributed by atoms with Crippen LogP contribution in [0.5, 0.6) is 5.75 Å². The molecule has 1 aliphatic heterocycles. The molecule has 0 radical (unpaired) electrons. The Balaban J connectivity index is 1.50. The van der Waals surface area contributed by atoms with Crippen LogP contribution in [0.15, 0.2) is 53.7 Å². The summed E-state index contributed by atoms with van der Waals surface area (Å²) in [6, 6.07) is 11.9. The first-order valence-electron chi connectivity index (χ1n) is 9.93. The quantitative estimate of drug-likeness (QED) is 0.455. The topological polar surface area (TPSA) is 59.0 Å². The Labute approximate surface area is 163 Å². The van der Waals surface area contributed by atoms with Crippen molar-refractivity contribution in [2.24, 2.45) is 28.8 Å². The standard InChI is InChI=1S/C23H22N2O3/c1-2-11-28-19-10-9-14-5-3-4-6-17(14)18(19)13-24-25-22(26)20-15-7-8-16(12-15)21(20)23(25)27/h3-10,13,15-16,20-21H,2,11-12H2,1H3. The number of nitrogens with zero attached hydrogens (tertiary/aromatic N) is 2. The van der Waals surface area contributed by atoms with Crippen LogP contribution in [0.4, 0.5) is 0 Å². The number of fused-ring (bicyclic) bond motifs is 6. The van der Waals surface area contributed by atoms with Crippen LogP contribution in [-0.4, -0.2) is 29.6 Å². The number of rotatable bonds is 5. The predicted octanol–water partition coefficient (Wildman–Crippen LogP) is 3.77. The van der Waals surface area contributed by atoms with E-state index in [9.17, 15) is 9.59 Å². The molecule has 5 rings (SSSR count). The van der Waals surface area contributed by atoms with E-state index in [0.717, 1.165) is 34.2 Å². The van der Waals surface area contributed by atoms with E-state index in [0.29, 0.717) is 12.4 Å². The molecule has 4 unspecified atom stereocenters. The van der Waals surface area contributed by atoms with Crippen LogP contribution in [0.3, 0.4) is 0 Å². The minimum absolute atomic E-state index is 0.167. The van der Waals surface area contributed by atoms with Gasteiger partial charge in [0, 0.05) is 5.56 Å². The highest BCUT2D eigenvalue weighted by molar-refractivity contribution is 6.08. The van der Waals surface area contributed by atoms with Crippen molar-refractivity contribution in [3.05, 3.63) is 54.1 Å². The molecule has 142 valence electrons. The first kappa shape index (κ1) is 17.2. The van der Waals surface area contributed by atoms with Gasteiger partial charge >= 0.3 is 0 Å². The zero-order valence-electron chi connectivity index (χ0n) is 15.7. The van der Waals surface area contributed by atoms with Crippen LogP contribution in [0.2, 0.25) is 0 Å². The lowest BCUT2D eigenvalue weighted by molar-refractivity contribution is -0.140.